The van der Waals surface area contributed by atoms with Crippen molar-refractivity contribution in [2.24, 2.45) is 0 Å². The van der Waals surface area contributed by atoms with Crippen LogP contribution in [-0.4, -0.2) is 58.2 Å². The van der Waals surface area contributed by atoms with Crippen LogP contribution in [0.1, 0.15) is 41.9 Å². The van der Waals surface area contributed by atoms with Crippen molar-refractivity contribution in [2.45, 2.75) is 43.6 Å². The van der Waals surface area contributed by atoms with Gasteiger partial charge in [-0.2, -0.15) is 26.3 Å². The smallest absolute Gasteiger partial charge is 0.421 e. The predicted octanol–water partition coefficient (Wildman–Crippen LogP) is 3.80. The lowest BCUT2D eigenvalue weighted by Crippen LogP contribution is -2.50. The van der Waals surface area contributed by atoms with Gasteiger partial charge in [0.2, 0.25) is 5.95 Å². The summed E-state index contributed by atoms with van der Waals surface area (Å²) in [5.41, 5.74) is -3.24. The van der Waals surface area contributed by atoms with Gasteiger partial charge >= 0.3 is 18.4 Å². The molecule has 0 spiro atoms. The molecule has 0 aromatic carbocycles. The number of hydrogen-bond acceptors (Lipinski definition) is 6. The Balaban J connectivity index is 1.36. The Morgan fingerprint density at radius 2 is 1.66 bits per heavy atom. The summed E-state index contributed by atoms with van der Waals surface area (Å²) in [5.74, 6) is -0.376. The number of H-pyrrole nitrogens is 1. The number of amides is 1. The molecule has 1 aliphatic carbocycles. The fourth-order valence-electron chi connectivity index (χ4n) is 4.30. The predicted molar refractivity (Wildman–Crippen MR) is 110 cm³/mol. The molecule has 4 rings (SSSR count). The normalized spacial score (nSPS) is 21.3. The summed E-state index contributed by atoms with van der Waals surface area (Å²) in [7, 11) is 0. The first-order chi connectivity index (χ1) is 16.4. The van der Waals surface area contributed by atoms with Gasteiger partial charge in [0.05, 0.1) is 5.56 Å². The highest BCUT2D eigenvalue weighted by molar-refractivity contribution is 5.68. The molecule has 1 amide bonds. The minimum atomic E-state index is -4.80. The van der Waals surface area contributed by atoms with E-state index in [9.17, 15) is 35.9 Å². The van der Waals surface area contributed by atoms with Gasteiger partial charge in [-0.1, -0.05) is 0 Å². The lowest BCUT2D eigenvalue weighted by molar-refractivity contribution is -0.139. The van der Waals surface area contributed by atoms with E-state index in [0.29, 0.717) is 31.7 Å². The van der Waals surface area contributed by atoms with Gasteiger partial charge in [-0.15, -0.1) is 0 Å². The molecule has 14 heteroatoms. The van der Waals surface area contributed by atoms with Crippen molar-refractivity contribution in [2.75, 3.05) is 31.1 Å². The van der Waals surface area contributed by atoms with Gasteiger partial charge in [0, 0.05) is 50.7 Å². The molecule has 2 atom stereocenters. The number of piperazine rings is 1. The lowest BCUT2D eigenvalue weighted by atomic mass is 9.96. The molecular formula is C21H21F6N5O3. The first-order valence-corrected chi connectivity index (χ1v) is 10.8. The summed E-state index contributed by atoms with van der Waals surface area (Å²) in [4.78, 5) is 36.9. The quantitative estimate of drug-likeness (QED) is 0.639. The van der Waals surface area contributed by atoms with Crippen molar-refractivity contribution in [1.82, 2.24) is 19.9 Å². The van der Waals surface area contributed by atoms with Crippen LogP contribution in [0.25, 0.3) is 0 Å². The molecule has 0 radical (unpaired) electrons. The van der Waals surface area contributed by atoms with Crippen LogP contribution >= 0.6 is 0 Å². The Morgan fingerprint density at radius 1 is 1.00 bits per heavy atom. The van der Waals surface area contributed by atoms with Gasteiger partial charge in [0.1, 0.15) is 11.7 Å². The Labute approximate surface area is 194 Å². The standard InChI is InChI=1S/C21H21F6N5O3/c22-20(23,24)13-10-29-18(30-11-13)31-4-6-32(7-5-31)19(34)35-16-3-1-2-14(16)12-8-15(21(25,26)27)17(33)28-9-12/h8-11,14,16H,1-7H2,(H,28,33). The van der Waals surface area contributed by atoms with Crippen molar-refractivity contribution >= 4 is 12.0 Å². The van der Waals surface area contributed by atoms with E-state index in [1.165, 1.54) is 11.1 Å². The SMILES string of the molecule is O=C(OC1CCCC1c1c[nH]c(=O)c(C(F)(F)F)c1)N1CCN(c2ncc(C(F)(F)F)cn2)CC1. The number of halogens is 6. The zero-order chi connectivity index (χ0) is 25.4. The molecule has 2 aliphatic rings. The number of rotatable bonds is 3. The zero-order valence-corrected chi connectivity index (χ0v) is 18.2. The first kappa shape index (κ1) is 24.8. The van der Waals surface area contributed by atoms with E-state index in [1.54, 1.807) is 4.90 Å². The third kappa shape index (κ3) is 5.51. The molecule has 2 aromatic rings. The molecule has 1 aliphatic heterocycles. The number of carbonyl (C=O) groups is 1. The minimum Gasteiger partial charge on any atom is -0.445 e. The number of carbonyl (C=O) groups excluding carboxylic acids is 1. The van der Waals surface area contributed by atoms with Crippen LogP contribution in [0, 0.1) is 0 Å². The molecular weight excluding hydrogens is 484 g/mol. The molecule has 0 bridgehead atoms. The fourth-order valence-corrected chi connectivity index (χ4v) is 4.30. The maximum absolute atomic E-state index is 13.1. The lowest BCUT2D eigenvalue weighted by Gasteiger charge is -2.35. The van der Waals surface area contributed by atoms with E-state index in [4.69, 9.17) is 4.74 Å². The summed E-state index contributed by atoms with van der Waals surface area (Å²) in [6.45, 7) is 0.946. The van der Waals surface area contributed by atoms with Crippen LogP contribution in [0.3, 0.4) is 0 Å². The highest BCUT2D eigenvalue weighted by Crippen LogP contribution is 2.38. The van der Waals surface area contributed by atoms with E-state index in [1.807, 2.05) is 0 Å². The van der Waals surface area contributed by atoms with Gasteiger partial charge in [-0.3, -0.25) is 4.79 Å². The number of alkyl halides is 6. The average molecular weight is 505 g/mol. The van der Waals surface area contributed by atoms with E-state index in [2.05, 4.69) is 15.0 Å². The summed E-state index contributed by atoms with van der Waals surface area (Å²) >= 11 is 0. The van der Waals surface area contributed by atoms with E-state index in [0.717, 1.165) is 6.07 Å². The maximum atomic E-state index is 13.1. The number of ether oxygens (including phenoxy) is 1. The molecule has 3 heterocycles. The van der Waals surface area contributed by atoms with Crippen molar-refractivity contribution in [3.63, 3.8) is 0 Å². The number of hydrogen-bond donors (Lipinski definition) is 1. The zero-order valence-electron chi connectivity index (χ0n) is 18.2. The second kappa shape index (κ2) is 9.38. The van der Waals surface area contributed by atoms with Crippen LogP contribution < -0.4 is 10.5 Å². The summed E-state index contributed by atoms with van der Waals surface area (Å²) in [6, 6.07) is 0.804. The van der Waals surface area contributed by atoms with Crippen LogP contribution in [0.2, 0.25) is 0 Å². The highest BCUT2D eigenvalue weighted by Gasteiger charge is 2.38. The van der Waals surface area contributed by atoms with Gasteiger partial charge in [-0.05, 0) is 30.9 Å². The van der Waals surface area contributed by atoms with Crippen LogP contribution in [-0.2, 0) is 17.1 Å². The Morgan fingerprint density at radius 3 is 2.26 bits per heavy atom. The fraction of sp³-hybridized carbons (Fsp3) is 0.524. The van der Waals surface area contributed by atoms with E-state index >= 15 is 0 Å². The molecule has 2 fully saturated rings. The summed E-state index contributed by atoms with van der Waals surface area (Å²) < 4.78 is 83.0. The molecule has 2 aromatic heterocycles. The van der Waals surface area contributed by atoms with Gasteiger partial charge in [0.15, 0.2) is 0 Å². The average Bonchev–Trinajstić information content (AvgIpc) is 3.26. The first-order valence-electron chi connectivity index (χ1n) is 10.8. The van der Waals surface area contributed by atoms with Crippen molar-refractivity contribution < 1.29 is 35.9 Å². The van der Waals surface area contributed by atoms with Crippen LogP contribution in [0.4, 0.5) is 37.1 Å². The van der Waals surface area contributed by atoms with Gasteiger partial charge < -0.3 is 19.5 Å². The highest BCUT2D eigenvalue weighted by atomic mass is 19.4. The van der Waals surface area contributed by atoms with Crippen LogP contribution in [0.15, 0.2) is 29.5 Å². The van der Waals surface area contributed by atoms with Crippen LogP contribution in [0.5, 0.6) is 0 Å². The molecule has 1 N–H and O–H groups in total. The number of nitrogens with zero attached hydrogens (tertiary/aromatic N) is 4. The van der Waals surface area contributed by atoms with Crippen molar-refractivity contribution in [1.29, 1.82) is 0 Å². The molecule has 35 heavy (non-hydrogen) atoms. The van der Waals surface area contributed by atoms with E-state index in [-0.39, 0.29) is 37.7 Å². The van der Waals surface area contributed by atoms with Crippen molar-refractivity contribution in [3.8, 4) is 0 Å². The number of aromatic nitrogens is 3. The molecule has 2 unspecified atom stereocenters. The molecule has 1 saturated heterocycles. The summed E-state index contributed by atoms with van der Waals surface area (Å²) in [6.07, 6.45) is -6.39. The monoisotopic (exact) mass is 505 g/mol. The molecule has 1 saturated carbocycles. The number of pyridine rings is 1. The Kier molecular flexibility index (Phi) is 6.64. The Bertz CT molecular complexity index is 1110. The van der Waals surface area contributed by atoms with Crippen molar-refractivity contribution in [3.05, 3.63) is 51.7 Å². The second-order valence-electron chi connectivity index (χ2n) is 8.38. The Hall–Kier alpha value is -3.32. The summed E-state index contributed by atoms with van der Waals surface area (Å²) in [5, 5.41) is 0. The third-order valence-electron chi connectivity index (χ3n) is 6.15. The third-order valence-corrected chi connectivity index (χ3v) is 6.15. The number of anilines is 1. The second-order valence-corrected chi connectivity index (χ2v) is 8.38. The molecule has 190 valence electrons. The van der Waals surface area contributed by atoms with Gasteiger partial charge in [-0.25, -0.2) is 14.8 Å². The maximum Gasteiger partial charge on any atom is 0.421 e. The topological polar surface area (TPSA) is 91.4 Å². The molecule has 8 nitrogen and oxygen atoms in total. The van der Waals surface area contributed by atoms with Gasteiger partial charge in [0.25, 0.3) is 5.56 Å². The minimum absolute atomic E-state index is 0.111. The largest absolute Gasteiger partial charge is 0.445 e. The number of aromatic amines is 1. The van der Waals surface area contributed by atoms with E-state index < -0.39 is 47.2 Å². The number of nitrogens with one attached hydrogen (secondary N) is 1.